The van der Waals surface area contributed by atoms with Crippen LogP contribution in [0, 0.1) is 0 Å². The number of nitrogens with two attached hydrogens (primary N) is 1. The number of amides is 1. The standard InChI is InChI=1S/C16H20N4OS.2ClH/c17-13-5-3-4-12(10-13)15(21)18-7-6-14-11-22-16(19-14)20-8-1-2-9-20;;/h3-5,10-11H,1-2,6-9,17H2,(H,18,21);2*1H. The molecule has 1 saturated heterocycles. The van der Waals surface area contributed by atoms with Crippen LogP contribution >= 0.6 is 36.2 Å². The second-order valence-electron chi connectivity index (χ2n) is 5.45. The van der Waals surface area contributed by atoms with Gasteiger partial charge in [0.25, 0.3) is 5.91 Å². The van der Waals surface area contributed by atoms with Crippen LogP contribution in [0.25, 0.3) is 0 Å². The van der Waals surface area contributed by atoms with Gasteiger partial charge in [0.05, 0.1) is 5.69 Å². The zero-order valence-corrected chi connectivity index (χ0v) is 15.7. The molecule has 0 saturated carbocycles. The van der Waals surface area contributed by atoms with Crippen molar-refractivity contribution in [2.45, 2.75) is 19.3 Å². The highest BCUT2D eigenvalue weighted by Crippen LogP contribution is 2.24. The Morgan fingerprint density at radius 1 is 1.29 bits per heavy atom. The monoisotopic (exact) mass is 388 g/mol. The molecule has 1 aromatic carbocycles. The molecular formula is C16H22Cl2N4OS. The Hall–Kier alpha value is -1.50. The largest absolute Gasteiger partial charge is 0.399 e. The van der Waals surface area contributed by atoms with E-state index in [0.29, 0.717) is 17.8 Å². The minimum Gasteiger partial charge on any atom is -0.399 e. The average molecular weight is 389 g/mol. The quantitative estimate of drug-likeness (QED) is 0.771. The second kappa shape index (κ2) is 9.71. The van der Waals surface area contributed by atoms with Crippen LogP contribution in [0.4, 0.5) is 10.8 Å². The van der Waals surface area contributed by atoms with Crippen molar-refractivity contribution >= 4 is 52.9 Å². The van der Waals surface area contributed by atoms with Gasteiger partial charge in [-0.2, -0.15) is 0 Å². The number of nitrogens with zero attached hydrogens (tertiary/aromatic N) is 2. The Balaban J connectivity index is 0.00000144. The number of benzene rings is 1. The van der Waals surface area contributed by atoms with Crippen molar-refractivity contribution in [3.05, 3.63) is 40.9 Å². The number of nitrogens with one attached hydrogen (secondary N) is 1. The summed E-state index contributed by atoms with van der Waals surface area (Å²) in [6.45, 7) is 2.80. The molecule has 1 aliphatic rings. The second-order valence-corrected chi connectivity index (χ2v) is 6.28. The molecule has 132 valence electrons. The smallest absolute Gasteiger partial charge is 0.251 e. The fraction of sp³-hybridized carbons (Fsp3) is 0.375. The molecule has 8 heteroatoms. The van der Waals surface area contributed by atoms with E-state index in [0.717, 1.165) is 30.3 Å². The third kappa shape index (κ3) is 5.26. The predicted molar refractivity (Wildman–Crippen MR) is 105 cm³/mol. The maximum Gasteiger partial charge on any atom is 0.251 e. The number of aromatic nitrogens is 1. The van der Waals surface area contributed by atoms with Gasteiger partial charge >= 0.3 is 0 Å². The minimum absolute atomic E-state index is 0. The molecule has 1 amide bonds. The Morgan fingerprint density at radius 2 is 2.04 bits per heavy atom. The summed E-state index contributed by atoms with van der Waals surface area (Å²) in [5, 5.41) is 6.10. The summed E-state index contributed by atoms with van der Waals surface area (Å²) < 4.78 is 0. The summed E-state index contributed by atoms with van der Waals surface area (Å²) in [5.41, 5.74) is 7.92. The molecule has 1 fully saturated rings. The topological polar surface area (TPSA) is 71.2 Å². The third-order valence-corrected chi connectivity index (χ3v) is 4.68. The SMILES string of the molecule is Cl.Cl.Nc1cccc(C(=O)NCCc2csc(N3CCCC3)n2)c1. The van der Waals surface area contributed by atoms with Crippen molar-refractivity contribution in [1.29, 1.82) is 0 Å². The van der Waals surface area contributed by atoms with Crippen molar-refractivity contribution in [2.24, 2.45) is 0 Å². The summed E-state index contributed by atoms with van der Waals surface area (Å²) in [4.78, 5) is 19.0. The highest BCUT2D eigenvalue weighted by atomic mass is 35.5. The van der Waals surface area contributed by atoms with Gasteiger partial charge < -0.3 is 16.0 Å². The van der Waals surface area contributed by atoms with Crippen LogP contribution in [0.2, 0.25) is 0 Å². The molecule has 3 rings (SSSR count). The summed E-state index contributed by atoms with van der Waals surface area (Å²) in [6, 6.07) is 7.00. The van der Waals surface area contributed by atoms with E-state index < -0.39 is 0 Å². The van der Waals surface area contributed by atoms with E-state index >= 15 is 0 Å². The summed E-state index contributed by atoms with van der Waals surface area (Å²) in [7, 11) is 0. The Kier molecular flexibility index (Phi) is 8.31. The molecule has 2 aromatic rings. The number of hydrogen-bond donors (Lipinski definition) is 2. The zero-order chi connectivity index (χ0) is 15.4. The maximum absolute atomic E-state index is 12.0. The van der Waals surface area contributed by atoms with Gasteiger partial charge in [0.15, 0.2) is 5.13 Å². The van der Waals surface area contributed by atoms with Crippen LogP contribution < -0.4 is 16.0 Å². The molecule has 0 unspecified atom stereocenters. The summed E-state index contributed by atoms with van der Waals surface area (Å²) in [6.07, 6.45) is 3.26. The first-order chi connectivity index (χ1) is 10.7. The highest BCUT2D eigenvalue weighted by molar-refractivity contribution is 7.13. The number of hydrogen-bond acceptors (Lipinski definition) is 5. The Bertz CT molecular complexity index is 659. The van der Waals surface area contributed by atoms with Gasteiger partial charge in [-0.15, -0.1) is 36.2 Å². The number of anilines is 2. The molecule has 0 bridgehead atoms. The van der Waals surface area contributed by atoms with E-state index in [1.165, 1.54) is 12.8 Å². The zero-order valence-electron chi connectivity index (χ0n) is 13.2. The first-order valence-electron chi connectivity index (χ1n) is 7.55. The fourth-order valence-corrected chi connectivity index (χ4v) is 3.46. The summed E-state index contributed by atoms with van der Waals surface area (Å²) >= 11 is 1.69. The van der Waals surface area contributed by atoms with Gasteiger partial charge in [0.1, 0.15) is 0 Å². The van der Waals surface area contributed by atoms with Crippen molar-refractivity contribution in [3.63, 3.8) is 0 Å². The van der Waals surface area contributed by atoms with Crippen LogP contribution in [0.1, 0.15) is 28.9 Å². The normalized spacial score (nSPS) is 13.1. The van der Waals surface area contributed by atoms with E-state index in [2.05, 4.69) is 20.6 Å². The van der Waals surface area contributed by atoms with Gasteiger partial charge in [0, 0.05) is 42.7 Å². The van der Waals surface area contributed by atoms with Crippen molar-refractivity contribution in [2.75, 3.05) is 30.3 Å². The third-order valence-electron chi connectivity index (χ3n) is 3.73. The fourth-order valence-electron chi connectivity index (χ4n) is 2.55. The number of carbonyl (C=O) groups is 1. The number of rotatable bonds is 5. The van der Waals surface area contributed by atoms with Crippen molar-refractivity contribution in [3.8, 4) is 0 Å². The van der Waals surface area contributed by atoms with Crippen LogP contribution in [-0.2, 0) is 6.42 Å². The van der Waals surface area contributed by atoms with Crippen LogP contribution in [0.15, 0.2) is 29.6 Å². The van der Waals surface area contributed by atoms with Gasteiger partial charge in [-0.1, -0.05) is 6.07 Å². The highest BCUT2D eigenvalue weighted by Gasteiger charge is 2.15. The summed E-state index contributed by atoms with van der Waals surface area (Å²) in [5.74, 6) is -0.0951. The predicted octanol–water partition coefficient (Wildman–Crippen LogP) is 3.14. The molecule has 0 spiro atoms. The van der Waals surface area contributed by atoms with Crippen LogP contribution in [-0.4, -0.2) is 30.5 Å². The maximum atomic E-state index is 12.0. The molecule has 0 aliphatic carbocycles. The van der Waals surface area contributed by atoms with E-state index in [1.807, 2.05) is 0 Å². The molecule has 24 heavy (non-hydrogen) atoms. The number of carbonyl (C=O) groups excluding carboxylic acids is 1. The van der Waals surface area contributed by atoms with E-state index in [4.69, 9.17) is 5.73 Å². The molecule has 3 N–H and O–H groups in total. The van der Waals surface area contributed by atoms with E-state index in [1.54, 1.807) is 35.6 Å². The first-order valence-corrected chi connectivity index (χ1v) is 8.43. The average Bonchev–Trinajstić information content (AvgIpc) is 3.18. The Morgan fingerprint density at radius 3 is 2.75 bits per heavy atom. The molecule has 5 nitrogen and oxygen atoms in total. The lowest BCUT2D eigenvalue weighted by molar-refractivity contribution is 0.0954. The molecule has 1 aromatic heterocycles. The number of halogens is 2. The van der Waals surface area contributed by atoms with E-state index in [-0.39, 0.29) is 30.7 Å². The van der Waals surface area contributed by atoms with Gasteiger partial charge in [-0.05, 0) is 31.0 Å². The lowest BCUT2D eigenvalue weighted by Gasteiger charge is -2.12. The minimum atomic E-state index is -0.0951. The molecule has 1 aliphatic heterocycles. The van der Waals surface area contributed by atoms with Crippen LogP contribution in [0.3, 0.4) is 0 Å². The van der Waals surface area contributed by atoms with Gasteiger partial charge in [-0.3, -0.25) is 4.79 Å². The Labute approximate surface area is 158 Å². The number of nitrogen functional groups attached to an aromatic ring is 1. The van der Waals surface area contributed by atoms with E-state index in [9.17, 15) is 4.79 Å². The first kappa shape index (κ1) is 20.5. The van der Waals surface area contributed by atoms with Crippen LogP contribution in [0.5, 0.6) is 0 Å². The van der Waals surface area contributed by atoms with Gasteiger partial charge in [0.2, 0.25) is 0 Å². The molecule has 0 atom stereocenters. The number of thiazole rings is 1. The lowest BCUT2D eigenvalue weighted by Crippen LogP contribution is -2.25. The van der Waals surface area contributed by atoms with Gasteiger partial charge in [-0.25, -0.2) is 4.98 Å². The lowest BCUT2D eigenvalue weighted by atomic mass is 10.2. The molecule has 2 heterocycles. The van der Waals surface area contributed by atoms with Crippen molar-refractivity contribution < 1.29 is 4.79 Å². The molecule has 0 radical (unpaired) electrons. The van der Waals surface area contributed by atoms with Crippen molar-refractivity contribution in [1.82, 2.24) is 10.3 Å². The molecular weight excluding hydrogens is 367 g/mol.